The molecule has 0 bridgehead atoms. The summed E-state index contributed by atoms with van der Waals surface area (Å²) in [6.45, 7) is 0.845. The quantitative estimate of drug-likeness (QED) is 0.843. The molecule has 6 heteroatoms. The molecule has 2 amide bonds. The molecular formula is C22H24N2O4. The second-order valence-corrected chi connectivity index (χ2v) is 7.38. The molecule has 0 unspecified atom stereocenters. The van der Waals surface area contributed by atoms with E-state index in [1.165, 1.54) is 4.90 Å². The van der Waals surface area contributed by atoms with Gasteiger partial charge < -0.3 is 19.6 Å². The minimum atomic E-state index is -0.920. The number of amides is 2. The molecule has 1 saturated carbocycles. The number of nitrogens with zero attached hydrogens (tertiary/aromatic N) is 2. The van der Waals surface area contributed by atoms with E-state index in [0.717, 1.165) is 19.3 Å². The summed E-state index contributed by atoms with van der Waals surface area (Å²) < 4.78 is 5.98. The second kappa shape index (κ2) is 7.92. The second-order valence-electron chi connectivity index (χ2n) is 7.38. The minimum Gasteiger partial charge on any atom is -0.465 e. The lowest BCUT2D eigenvalue weighted by Gasteiger charge is -2.41. The van der Waals surface area contributed by atoms with Gasteiger partial charge in [0.15, 0.2) is 0 Å². The number of carboxylic acid groups (broad SMARTS) is 1. The summed E-state index contributed by atoms with van der Waals surface area (Å²) in [5.74, 6) is 1.13. The third-order valence-corrected chi connectivity index (χ3v) is 5.62. The molecule has 1 saturated heterocycles. The maximum absolute atomic E-state index is 13.5. The van der Waals surface area contributed by atoms with Crippen LogP contribution in [0, 0.1) is 0 Å². The van der Waals surface area contributed by atoms with Gasteiger partial charge in [-0.3, -0.25) is 4.79 Å². The van der Waals surface area contributed by atoms with Crippen molar-refractivity contribution in [3.05, 3.63) is 60.2 Å². The van der Waals surface area contributed by atoms with Crippen molar-refractivity contribution in [2.75, 3.05) is 13.1 Å². The Hall–Kier alpha value is -3.02. The highest BCUT2D eigenvalue weighted by atomic mass is 16.5. The van der Waals surface area contributed by atoms with E-state index in [-0.39, 0.29) is 18.0 Å². The first kappa shape index (κ1) is 18.3. The molecule has 28 heavy (non-hydrogen) atoms. The molecule has 146 valence electrons. The Morgan fingerprint density at radius 2 is 1.68 bits per heavy atom. The van der Waals surface area contributed by atoms with E-state index in [9.17, 15) is 14.7 Å². The number of hydrogen-bond acceptors (Lipinski definition) is 3. The number of carbonyl (C=O) groups is 2. The number of carbonyl (C=O) groups excluding carboxylic acids is 1. The highest BCUT2D eigenvalue weighted by molar-refractivity contribution is 5.97. The van der Waals surface area contributed by atoms with Gasteiger partial charge >= 0.3 is 6.09 Å². The molecule has 0 radical (unpaired) electrons. The van der Waals surface area contributed by atoms with Crippen molar-refractivity contribution in [2.24, 2.45) is 0 Å². The Labute approximate surface area is 164 Å². The molecule has 2 aromatic carbocycles. The van der Waals surface area contributed by atoms with Gasteiger partial charge in [-0.25, -0.2) is 4.79 Å². The maximum atomic E-state index is 13.5. The number of hydrogen-bond donors (Lipinski definition) is 1. The molecule has 6 nitrogen and oxygen atoms in total. The Kier molecular flexibility index (Phi) is 5.19. The molecule has 2 aromatic rings. The Balaban J connectivity index is 1.60. The van der Waals surface area contributed by atoms with Crippen molar-refractivity contribution in [3.63, 3.8) is 0 Å². The molecule has 1 aliphatic carbocycles. The van der Waals surface area contributed by atoms with Gasteiger partial charge in [0.05, 0.1) is 11.6 Å². The lowest BCUT2D eigenvalue weighted by molar-refractivity contribution is 0.0445. The standard InChI is InChI=1S/C22H24N2O4/c25-21(19-11-4-5-12-20(19)28-18-9-2-1-3-10-18)24(16-7-6-8-16)17-13-14-23(15-17)22(26)27/h1-5,9-12,16-17H,6-8,13-15H2,(H,26,27)/t17-/m0/s1. The zero-order chi connectivity index (χ0) is 19.5. The van der Waals surface area contributed by atoms with Crippen molar-refractivity contribution >= 4 is 12.0 Å². The van der Waals surface area contributed by atoms with Gasteiger partial charge in [-0.05, 0) is 49.9 Å². The zero-order valence-electron chi connectivity index (χ0n) is 15.7. The van der Waals surface area contributed by atoms with Crippen molar-refractivity contribution < 1.29 is 19.4 Å². The molecule has 0 aromatic heterocycles. The number of benzene rings is 2. The molecular weight excluding hydrogens is 356 g/mol. The van der Waals surface area contributed by atoms with Gasteiger partial charge in [0, 0.05) is 19.1 Å². The first-order chi connectivity index (χ1) is 13.6. The lowest BCUT2D eigenvalue weighted by Crippen LogP contribution is -2.51. The van der Waals surface area contributed by atoms with Crippen LogP contribution in [0.3, 0.4) is 0 Å². The Morgan fingerprint density at radius 3 is 2.32 bits per heavy atom. The van der Waals surface area contributed by atoms with Crippen LogP contribution in [-0.2, 0) is 0 Å². The zero-order valence-corrected chi connectivity index (χ0v) is 15.7. The number of rotatable bonds is 5. The summed E-state index contributed by atoms with van der Waals surface area (Å²) in [5.41, 5.74) is 0.520. The lowest BCUT2D eigenvalue weighted by atomic mass is 9.89. The van der Waals surface area contributed by atoms with Gasteiger partial charge in [0.2, 0.25) is 0 Å². The summed E-state index contributed by atoms with van der Waals surface area (Å²) in [6, 6.07) is 16.8. The van der Waals surface area contributed by atoms with E-state index in [4.69, 9.17) is 4.74 Å². The molecule has 2 aliphatic rings. The first-order valence-electron chi connectivity index (χ1n) is 9.76. The largest absolute Gasteiger partial charge is 0.465 e. The topological polar surface area (TPSA) is 70.1 Å². The fourth-order valence-corrected chi connectivity index (χ4v) is 3.92. The van der Waals surface area contributed by atoms with Crippen LogP contribution >= 0.6 is 0 Å². The highest BCUT2D eigenvalue weighted by Crippen LogP contribution is 2.33. The molecule has 1 heterocycles. The summed E-state index contributed by atoms with van der Waals surface area (Å²) in [6.07, 6.45) is 2.80. The van der Waals surface area contributed by atoms with E-state index in [1.54, 1.807) is 12.1 Å². The number of para-hydroxylation sites is 2. The van der Waals surface area contributed by atoms with Gasteiger partial charge in [-0.2, -0.15) is 0 Å². The van der Waals surface area contributed by atoms with E-state index in [2.05, 4.69) is 0 Å². The average Bonchev–Trinajstić information content (AvgIpc) is 3.15. The minimum absolute atomic E-state index is 0.0755. The van der Waals surface area contributed by atoms with Crippen molar-refractivity contribution in [1.82, 2.24) is 9.80 Å². The van der Waals surface area contributed by atoms with E-state index in [1.807, 2.05) is 47.4 Å². The monoisotopic (exact) mass is 380 g/mol. The molecule has 2 fully saturated rings. The summed E-state index contributed by atoms with van der Waals surface area (Å²) in [5, 5.41) is 9.29. The average molecular weight is 380 g/mol. The van der Waals surface area contributed by atoms with Gasteiger partial charge in [0.25, 0.3) is 5.91 Å². The summed E-state index contributed by atoms with van der Waals surface area (Å²) in [4.78, 5) is 28.2. The maximum Gasteiger partial charge on any atom is 0.407 e. The highest BCUT2D eigenvalue weighted by Gasteiger charge is 2.39. The normalized spacial score (nSPS) is 19.1. The van der Waals surface area contributed by atoms with Crippen LogP contribution in [-0.4, -0.2) is 52.1 Å². The van der Waals surface area contributed by atoms with E-state index in [0.29, 0.717) is 36.6 Å². The Bertz CT molecular complexity index is 851. The van der Waals surface area contributed by atoms with Crippen LogP contribution < -0.4 is 4.74 Å². The first-order valence-corrected chi connectivity index (χ1v) is 9.76. The van der Waals surface area contributed by atoms with Gasteiger partial charge in [-0.15, -0.1) is 0 Å². The molecule has 0 spiro atoms. The molecule has 4 rings (SSSR count). The van der Waals surface area contributed by atoms with Crippen molar-refractivity contribution in [1.29, 1.82) is 0 Å². The summed E-state index contributed by atoms with van der Waals surface area (Å²) in [7, 11) is 0. The predicted molar refractivity (Wildman–Crippen MR) is 105 cm³/mol. The van der Waals surface area contributed by atoms with Gasteiger partial charge in [-0.1, -0.05) is 30.3 Å². The van der Waals surface area contributed by atoms with Crippen molar-refractivity contribution in [2.45, 2.75) is 37.8 Å². The van der Waals surface area contributed by atoms with Crippen molar-refractivity contribution in [3.8, 4) is 11.5 Å². The smallest absolute Gasteiger partial charge is 0.407 e. The SMILES string of the molecule is O=C(O)N1CC[C@H](N(C(=O)c2ccccc2Oc2ccccc2)C2CCC2)C1. The fourth-order valence-electron chi connectivity index (χ4n) is 3.92. The third-order valence-electron chi connectivity index (χ3n) is 5.62. The van der Waals surface area contributed by atoms with Crippen LogP contribution in [0.2, 0.25) is 0 Å². The third kappa shape index (κ3) is 3.67. The van der Waals surface area contributed by atoms with Gasteiger partial charge in [0.1, 0.15) is 11.5 Å². The van der Waals surface area contributed by atoms with Crippen LogP contribution in [0.1, 0.15) is 36.0 Å². The van der Waals surface area contributed by atoms with E-state index < -0.39 is 6.09 Å². The molecule has 1 N–H and O–H groups in total. The predicted octanol–water partition coefficient (Wildman–Crippen LogP) is 4.23. The number of likely N-dealkylation sites (tertiary alicyclic amines) is 1. The van der Waals surface area contributed by atoms with Crippen LogP contribution in [0.5, 0.6) is 11.5 Å². The van der Waals surface area contributed by atoms with Crippen LogP contribution in [0.25, 0.3) is 0 Å². The van der Waals surface area contributed by atoms with Crippen LogP contribution in [0.15, 0.2) is 54.6 Å². The Morgan fingerprint density at radius 1 is 0.964 bits per heavy atom. The fraction of sp³-hybridized carbons (Fsp3) is 0.364. The number of ether oxygens (including phenoxy) is 1. The molecule has 1 atom stereocenters. The summed E-state index contributed by atoms with van der Waals surface area (Å²) >= 11 is 0. The molecule has 1 aliphatic heterocycles. The van der Waals surface area contributed by atoms with Crippen LogP contribution in [0.4, 0.5) is 4.79 Å². The van der Waals surface area contributed by atoms with E-state index >= 15 is 0 Å².